The van der Waals surface area contributed by atoms with E-state index < -0.39 is 18.4 Å². The monoisotopic (exact) mass is 274 g/mol. The van der Waals surface area contributed by atoms with Crippen molar-refractivity contribution < 1.29 is 27.5 Å². The number of halogens is 3. The average Bonchev–Trinajstić information content (AvgIpc) is 2.37. The Morgan fingerprint density at radius 1 is 1.11 bits per heavy atom. The van der Waals surface area contributed by atoms with Gasteiger partial charge in [-0.2, -0.15) is 13.2 Å². The maximum absolute atomic E-state index is 11.9. The standard InChI is InChI=1S/C13H13F3O3/c1-19-10-7-5-9(6-8-10)11(17)3-2-4-12(18)13(14,15)16/h5-8H,2-4H2,1H3. The van der Waals surface area contributed by atoms with Crippen molar-refractivity contribution in [2.75, 3.05) is 7.11 Å². The molecular weight excluding hydrogens is 261 g/mol. The second-order valence-corrected chi connectivity index (χ2v) is 3.93. The summed E-state index contributed by atoms with van der Waals surface area (Å²) in [5.41, 5.74) is 0.389. The number of carbonyl (C=O) groups is 2. The average molecular weight is 274 g/mol. The van der Waals surface area contributed by atoms with Crippen molar-refractivity contribution in [3.63, 3.8) is 0 Å². The van der Waals surface area contributed by atoms with Crippen LogP contribution in [0.1, 0.15) is 29.6 Å². The second-order valence-electron chi connectivity index (χ2n) is 3.93. The first-order valence-corrected chi connectivity index (χ1v) is 5.62. The van der Waals surface area contributed by atoms with Gasteiger partial charge < -0.3 is 4.74 Å². The third-order valence-electron chi connectivity index (χ3n) is 2.54. The van der Waals surface area contributed by atoms with Crippen LogP contribution in [0.5, 0.6) is 5.75 Å². The fourth-order valence-corrected chi connectivity index (χ4v) is 1.47. The molecule has 0 aliphatic carbocycles. The summed E-state index contributed by atoms with van der Waals surface area (Å²) in [6.07, 6.45) is -5.67. The largest absolute Gasteiger partial charge is 0.497 e. The molecule has 0 bridgehead atoms. The van der Waals surface area contributed by atoms with E-state index >= 15 is 0 Å². The van der Waals surface area contributed by atoms with E-state index in [0.29, 0.717) is 11.3 Å². The van der Waals surface area contributed by atoms with Gasteiger partial charge in [0.1, 0.15) is 5.75 Å². The normalized spacial score (nSPS) is 11.2. The number of carbonyl (C=O) groups excluding carboxylic acids is 2. The second kappa shape index (κ2) is 6.36. The predicted octanol–water partition coefficient (Wildman–Crippen LogP) is 3.18. The zero-order valence-corrected chi connectivity index (χ0v) is 10.3. The molecule has 0 heterocycles. The van der Waals surface area contributed by atoms with Crippen LogP contribution in [0, 0.1) is 0 Å². The molecule has 0 fully saturated rings. The quantitative estimate of drug-likeness (QED) is 0.748. The molecule has 0 unspecified atom stereocenters. The number of hydrogen-bond donors (Lipinski definition) is 0. The lowest BCUT2D eigenvalue weighted by atomic mass is 10.0. The van der Waals surface area contributed by atoms with Gasteiger partial charge in [0.15, 0.2) is 5.78 Å². The molecule has 1 aromatic rings. The Hall–Kier alpha value is -1.85. The molecule has 1 rings (SSSR count). The molecule has 0 aliphatic heterocycles. The Morgan fingerprint density at radius 3 is 2.16 bits per heavy atom. The molecule has 104 valence electrons. The van der Waals surface area contributed by atoms with E-state index in [1.54, 1.807) is 12.1 Å². The summed E-state index contributed by atoms with van der Waals surface area (Å²) in [6.45, 7) is 0. The summed E-state index contributed by atoms with van der Waals surface area (Å²) in [6, 6.07) is 6.25. The van der Waals surface area contributed by atoms with Gasteiger partial charge in [-0.25, -0.2) is 0 Å². The zero-order valence-electron chi connectivity index (χ0n) is 10.3. The molecule has 19 heavy (non-hydrogen) atoms. The topological polar surface area (TPSA) is 43.4 Å². The molecule has 0 saturated heterocycles. The van der Waals surface area contributed by atoms with Gasteiger partial charge in [0.2, 0.25) is 5.78 Å². The van der Waals surface area contributed by atoms with E-state index in [9.17, 15) is 22.8 Å². The van der Waals surface area contributed by atoms with Crippen LogP contribution in [-0.2, 0) is 4.79 Å². The van der Waals surface area contributed by atoms with Crippen LogP contribution in [0.2, 0.25) is 0 Å². The van der Waals surface area contributed by atoms with Crippen LogP contribution < -0.4 is 4.74 Å². The van der Waals surface area contributed by atoms with E-state index in [1.807, 2.05) is 0 Å². The third-order valence-corrected chi connectivity index (χ3v) is 2.54. The first-order valence-electron chi connectivity index (χ1n) is 5.62. The van der Waals surface area contributed by atoms with Crippen LogP contribution >= 0.6 is 0 Å². The Bertz CT molecular complexity index is 449. The molecule has 0 spiro atoms. The van der Waals surface area contributed by atoms with E-state index in [1.165, 1.54) is 19.2 Å². The number of alkyl halides is 3. The van der Waals surface area contributed by atoms with Crippen LogP contribution in [0.4, 0.5) is 13.2 Å². The minimum atomic E-state index is -4.82. The van der Waals surface area contributed by atoms with Crippen molar-refractivity contribution in [3.05, 3.63) is 29.8 Å². The van der Waals surface area contributed by atoms with Crippen molar-refractivity contribution >= 4 is 11.6 Å². The molecule has 0 amide bonds. The molecule has 0 saturated carbocycles. The van der Waals surface area contributed by atoms with Crippen LogP contribution in [0.15, 0.2) is 24.3 Å². The highest BCUT2D eigenvalue weighted by atomic mass is 19.4. The van der Waals surface area contributed by atoms with Crippen molar-refractivity contribution in [3.8, 4) is 5.75 Å². The number of Topliss-reactive ketones (excluding diaryl/α,β-unsaturated/α-hetero) is 2. The maximum Gasteiger partial charge on any atom is 0.449 e. The van der Waals surface area contributed by atoms with Crippen molar-refractivity contribution in [1.82, 2.24) is 0 Å². The van der Waals surface area contributed by atoms with Gasteiger partial charge >= 0.3 is 6.18 Å². The Labute approximate surface area is 108 Å². The number of methoxy groups -OCH3 is 1. The fraction of sp³-hybridized carbons (Fsp3) is 0.385. The highest BCUT2D eigenvalue weighted by molar-refractivity contribution is 5.96. The number of rotatable bonds is 6. The lowest BCUT2D eigenvalue weighted by molar-refractivity contribution is -0.171. The molecular formula is C13H13F3O3. The van der Waals surface area contributed by atoms with Crippen LogP contribution in [0.25, 0.3) is 0 Å². The lowest BCUT2D eigenvalue weighted by Crippen LogP contribution is -2.22. The van der Waals surface area contributed by atoms with E-state index in [2.05, 4.69) is 0 Å². The van der Waals surface area contributed by atoms with Crippen molar-refractivity contribution in [2.45, 2.75) is 25.4 Å². The minimum Gasteiger partial charge on any atom is -0.497 e. The maximum atomic E-state index is 11.9. The molecule has 0 atom stereocenters. The van der Waals surface area contributed by atoms with Gasteiger partial charge in [-0.3, -0.25) is 9.59 Å². The number of ether oxygens (including phenoxy) is 1. The Balaban J connectivity index is 2.45. The lowest BCUT2D eigenvalue weighted by Gasteiger charge is -2.05. The molecule has 6 heteroatoms. The number of benzene rings is 1. The van der Waals surface area contributed by atoms with Crippen molar-refractivity contribution in [1.29, 1.82) is 0 Å². The van der Waals surface area contributed by atoms with Crippen LogP contribution in [-0.4, -0.2) is 24.9 Å². The van der Waals surface area contributed by atoms with Gasteiger partial charge in [0.25, 0.3) is 0 Å². The Kier molecular flexibility index (Phi) is 5.09. The Morgan fingerprint density at radius 2 is 1.68 bits per heavy atom. The molecule has 0 N–H and O–H groups in total. The van der Waals surface area contributed by atoms with E-state index in [-0.39, 0.29) is 18.6 Å². The summed E-state index contributed by atoms with van der Waals surface area (Å²) >= 11 is 0. The smallest absolute Gasteiger partial charge is 0.449 e. The number of hydrogen-bond acceptors (Lipinski definition) is 3. The molecule has 0 radical (unpaired) electrons. The molecule has 0 aromatic heterocycles. The van der Waals surface area contributed by atoms with Gasteiger partial charge in [-0.05, 0) is 30.7 Å². The third kappa shape index (κ3) is 4.73. The van der Waals surface area contributed by atoms with Gasteiger partial charge in [0, 0.05) is 18.4 Å². The highest BCUT2D eigenvalue weighted by Gasteiger charge is 2.37. The molecule has 1 aromatic carbocycles. The zero-order chi connectivity index (χ0) is 14.5. The minimum absolute atomic E-state index is 0.0891. The molecule has 3 nitrogen and oxygen atoms in total. The first-order chi connectivity index (χ1) is 8.84. The summed E-state index contributed by atoms with van der Waals surface area (Å²) in [7, 11) is 1.49. The summed E-state index contributed by atoms with van der Waals surface area (Å²) < 4.78 is 40.7. The summed E-state index contributed by atoms with van der Waals surface area (Å²) in [5.74, 6) is -1.50. The summed E-state index contributed by atoms with van der Waals surface area (Å²) in [5, 5.41) is 0. The van der Waals surface area contributed by atoms with Gasteiger partial charge in [-0.15, -0.1) is 0 Å². The predicted molar refractivity (Wildman–Crippen MR) is 62.2 cm³/mol. The van der Waals surface area contributed by atoms with Gasteiger partial charge in [-0.1, -0.05) is 0 Å². The highest BCUT2D eigenvalue weighted by Crippen LogP contribution is 2.20. The SMILES string of the molecule is COc1ccc(C(=O)CCCC(=O)C(F)(F)F)cc1. The van der Waals surface area contributed by atoms with E-state index in [0.717, 1.165) is 0 Å². The van der Waals surface area contributed by atoms with Crippen molar-refractivity contribution in [2.24, 2.45) is 0 Å². The first kappa shape index (κ1) is 15.2. The fourth-order valence-electron chi connectivity index (χ4n) is 1.47. The van der Waals surface area contributed by atoms with Crippen LogP contribution in [0.3, 0.4) is 0 Å². The molecule has 0 aliphatic rings. The van der Waals surface area contributed by atoms with E-state index in [4.69, 9.17) is 4.74 Å². The summed E-state index contributed by atoms with van der Waals surface area (Å²) in [4.78, 5) is 22.3. The number of ketones is 2. The van der Waals surface area contributed by atoms with Gasteiger partial charge in [0.05, 0.1) is 7.11 Å².